The van der Waals surface area contributed by atoms with Crippen molar-refractivity contribution in [3.8, 4) is 5.75 Å². The highest BCUT2D eigenvalue weighted by Gasteiger charge is 2.09. The second-order valence-corrected chi connectivity index (χ2v) is 5.81. The fraction of sp³-hybridized carbons (Fsp3) is 0.438. The topological polar surface area (TPSA) is 34.1 Å². The monoisotopic (exact) mass is 290 g/mol. The summed E-state index contributed by atoms with van der Waals surface area (Å²) in [5.41, 5.74) is 2.38. The van der Waals surface area contributed by atoms with Crippen molar-refractivity contribution >= 4 is 11.3 Å². The minimum absolute atomic E-state index is 0.324. The molecule has 1 N–H and O–H groups in total. The lowest BCUT2D eigenvalue weighted by Gasteiger charge is -2.09. The van der Waals surface area contributed by atoms with E-state index in [1.807, 2.05) is 12.1 Å². The molecule has 0 bridgehead atoms. The molecule has 0 saturated carbocycles. The van der Waals surface area contributed by atoms with Crippen molar-refractivity contribution < 1.29 is 4.74 Å². The molecule has 2 aromatic rings. The highest BCUT2D eigenvalue weighted by atomic mass is 32.1. The Morgan fingerprint density at radius 2 is 2.25 bits per heavy atom. The molecule has 0 amide bonds. The van der Waals surface area contributed by atoms with Crippen LogP contribution in [0.25, 0.3) is 0 Å². The number of ether oxygens (including phenoxy) is 1. The molecular formula is C16H22N2OS. The van der Waals surface area contributed by atoms with Crippen LogP contribution in [0.15, 0.2) is 29.6 Å². The third-order valence-electron chi connectivity index (χ3n) is 3.20. The van der Waals surface area contributed by atoms with Gasteiger partial charge < -0.3 is 10.1 Å². The van der Waals surface area contributed by atoms with E-state index >= 15 is 0 Å². The summed E-state index contributed by atoms with van der Waals surface area (Å²) < 4.78 is 5.25. The average molecular weight is 290 g/mol. The Balaban J connectivity index is 2.01. The van der Waals surface area contributed by atoms with Gasteiger partial charge in [0.15, 0.2) is 0 Å². The highest BCUT2D eigenvalue weighted by molar-refractivity contribution is 7.09. The molecule has 2 rings (SSSR count). The first-order chi connectivity index (χ1) is 9.72. The molecule has 0 aliphatic heterocycles. The van der Waals surface area contributed by atoms with Gasteiger partial charge >= 0.3 is 0 Å². The molecule has 1 heterocycles. The Hall–Kier alpha value is -1.39. The van der Waals surface area contributed by atoms with Gasteiger partial charge in [-0.25, -0.2) is 4.98 Å². The van der Waals surface area contributed by atoms with Crippen molar-refractivity contribution in [2.45, 2.75) is 32.7 Å². The van der Waals surface area contributed by atoms with Crippen LogP contribution in [0, 0.1) is 0 Å². The Bertz CT molecular complexity index is 539. The Morgan fingerprint density at radius 3 is 3.00 bits per heavy atom. The zero-order valence-corrected chi connectivity index (χ0v) is 13.2. The zero-order valence-electron chi connectivity index (χ0n) is 12.3. The Morgan fingerprint density at radius 1 is 1.40 bits per heavy atom. The van der Waals surface area contributed by atoms with Crippen molar-refractivity contribution in [2.24, 2.45) is 0 Å². The van der Waals surface area contributed by atoms with Crippen LogP contribution in [0.4, 0.5) is 0 Å². The fourth-order valence-electron chi connectivity index (χ4n) is 2.03. The number of nitrogens with zero attached hydrogens (tertiary/aromatic N) is 1. The summed E-state index contributed by atoms with van der Waals surface area (Å²) in [6.07, 6.45) is 2.01. The Kier molecular flexibility index (Phi) is 5.56. The van der Waals surface area contributed by atoms with E-state index in [4.69, 9.17) is 9.72 Å². The van der Waals surface area contributed by atoms with Crippen molar-refractivity contribution in [3.63, 3.8) is 0 Å². The summed E-state index contributed by atoms with van der Waals surface area (Å²) >= 11 is 1.73. The SMILES string of the molecule is CCCNC(C)c1csc(Cc2cccc(OC)c2)n1. The first-order valence-corrected chi connectivity index (χ1v) is 7.91. The first kappa shape index (κ1) is 15.0. The molecular weight excluding hydrogens is 268 g/mol. The van der Waals surface area contributed by atoms with Crippen LogP contribution in [-0.2, 0) is 6.42 Å². The van der Waals surface area contributed by atoms with E-state index < -0.39 is 0 Å². The molecule has 4 heteroatoms. The van der Waals surface area contributed by atoms with Crippen LogP contribution in [0.1, 0.15) is 42.6 Å². The van der Waals surface area contributed by atoms with E-state index in [-0.39, 0.29) is 0 Å². The number of thiazole rings is 1. The van der Waals surface area contributed by atoms with Crippen LogP contribution in [0.3, 0.4) is 0 Å². The smallest absolute Gasteiger partial charge is 0.119 e. The number of hydrogen-bond acceptors (Lipinski definition) is 4. The number of hydrogen-bond donors (Lipinski definition) is 1. The molecule has 0 saturated heterocycles. The molecule has 1 unspecified atom stereocenters. The molecule has 0 aliphatic carbocycles. The fourth-order valence-corrected chi connectivity index (χ4v) is 2.95. The van der Waals surface area contributed by atoms with Crippen molar-refractivity contribution in [1.29, 1.82) is 0 Å². The number of rotatable bonds is 7. The molecule has 0 radical (unpaired) electrons. The van der Waals surface area contributed by atoms with Crippen molar-refractivity contribution in [1.82, 2.24) is 10.3 Å². The number of nitrogens with one attached hydrogen (secondary N) is 1. The summed E-state index contributed by atoms with van der Waals surface area (Å²) in [7, 11) is 1.70. The molecule has 3 nitrogen and oxygen atoms in total. The summed E-state index contributed by atoms with van der Waals surface area (Å²) in [6, 6.07) is 8.49. The highest BCUT2D eigenvalue weighted by Crippen LogP contribution is 2.21. The molecule has 1 atom stereocenters. The average Bonchev–Trinajstić information content (AvgIpc) is 2.93. The summed E-state index contributed by atoms with van der Waals surface area (Å²) in [5, 5.41) is 6.78. The predicted molar refractivity (Wildman–Crippen MR) is 84.6 cm³/mol. The summed E-state index contributed by atoms with van der Waals surface area (Å²) in [4.78, 5) is 4.73. The third kappa shape index (κ3) is 4.05. The third-order valence-corrected chi connectivity index (χ3v) is 4.07. The molecule has 1 aromatic carbocycles. The molecule has 0 aliphatic rings. The summed E-state index contributed by atoms with van der Waals surface area (Å²) in [5.74, 6) is 0.900. The Labute approximate surface area is 125 Å². The van der Waals surface area contributed by atoms with Gasteiger partial charge in [0, 0.05) is 17.8 Å². The van der Waals surface area contributed by atoms with E-state index in [9.17, 15) is 0 Å². The lowest BCUT2D eigenvalue weighted by atomic mass is 10.1. The van der Waals surface area contributed by atoms with Gasteiger partial charge in [0.1, 0.15) is 5.75 Å². The minimum atomic E-state index is 0.324. The number of aromatic nitrogens is 1. The molecule has 1 aromatic heterocycles. The van der Waals surface area contributed by atoms with Gasteiger partial charge in [0.2, 0.25) is 0 Å². The maximum absolute atomic E-state index is 5.25. The van der Waals surface area contributed by atoms with Gasteiger partial charge in [-0.05, 0) is 37.6 Å². The van der Waals surface area contributed by atoms with Crippen LogP contribution in [0.5, 0.6) is 5.75 Å². The van der Waals surface area contributed by atoms with Gasteiger partial charge in [-0.2, -0.15) is 0 Å². The van der Waals surface area contributed by atoms with Crippen LogP contribution in [-0.4, -0.2) is 18.6 Å². The lowest BCUT2D eigenvalue weighted by Crippen LogP contribution is -2.19. The van der Waals surface area contributed by atoms with Gasteiger partial charge in [-0.3, -0.25) is 0 Å². The number of benzene rings is 1. The standard InChI is InChI=1S/C16H22N2OS/c1-4-8-17-12(2)15-11-20-16(18-15)10-13-6-5-7-14(9-13)19-3/h5-7,9,11-12,17H,4,8,10H2,1-3H3. The lowest BCUT2D eigenvalue weighted by molar-refractivity contribution is 0.414. The zero-order chi connectivity index (χ0) is 14.4. The van der Waals surface area contributed by atoms with Gasteiger partial charge in [0.05, 0.1) is 17.8 Å². The first-order valence-electron chi connectivity index (χ1n) is 7.03. The maximum atomic E-state index is 5.25. The van der Waals surface area contributed by atoms with E-state index in [0.717, 1.165) is 35.8 Å². The second-order valence-electron chi connectivity index (χ2n) is 4.87. The molecule has 0 spiro atoms. The summed E-state index contributed by atoms with van der Waals surface area (Å²) in [6.45, 7) is 5.37. The second kappa shape index (κ2) is 7.41. The van der Waals surface area contributed by atoms with Gasteiger partial charge in [0.25, 0.3) is 0 Å². The minimum Gasteiger partial charge on any atom is -0.497 e. The van der Waals surface area contributed by atoms with Crippen molar-refractivity contribution in [3.05, 3.63) is 45.9 Å². The van der Waals surface area contributed by atoms with Gasteiger partial charge in [-0.1, -0.05) is 19.1 Å². The van der Waals surface area contributed by atoms with E-state index in [0.29, 0.717) is 6.04 Å². The van der Waals surface area contributed by atoms with Crippen LogP contribution in [0.2, 0.25) is 0 Å². The maximum Gasteiger partial charge on any atom is 0.119 e. The predicted octanol–water partition coefficient (Wildman–Crippen LogP) is 3.80. The molecule has 20 heavy (non-hydrogen) atoms. The largest absolute Gasteiger partial charge is 0.497 e. The van der Waals surface area contributed by atoms with E-state index in [1.165, 1.54) is 5.56 Å². The normalized spacial score (nSPS) is 12.3. The molecule has 0 fully saturated rings. The molecule has 108 valence electrons. The quantitative estimate of drug-likeness (QED) is 0.842. The van der Waals surface area contributed by atoms with Gasteiger partial charge in [-0.15, -0.1) is 11.3 Å². The van der Waals surface area contributed by atoms with Crippen molar-refractivity contribution in [2.75, 3.05) is 13.7 Å². The number of methoxy groups -OCH3 is 1. The van der Waals surface area contributed by atoms with Crippen LogP contribution < -0.4 is 10.1 Å². The van der Waals surface area contributed by atoms with E-state index in [1.54, 1.807) is 18.4 Å². The van der Waals surface area contributed by atoms with Crippen LogP contribution >= 0.6 is 11.3 Å². The van der Waals surface area contributed by atoms with E-state index in [2.05, 4.69) is 36.7 Å².